The van der Waals surface area contributed by atoms with Gasteiger partial charge < -0.3 is 0 Å². The molecule has 3 rings (SSSR count). The van der Waals surface area contributed by atoms with Crippen LogP contribution < -0.4 is 10.8 Å². The smallest absolute Gasteiger partial charge is 0.204 e. The van der Waals surface area contributed by atoms with Gasteiger partial charge in [-0.1, -0.05) is 0 Å². The molecule has 0 bridgehead atoms. The molecule has 2 aliphatic heterocycles. The van der Waals surface area contributed by atoms with Crippen molar-refractivity contribution in [2.75, 3.05) is 0 Å². The highest BCUT2D eigenvalue weighted by Gasteiger charge is 2.09. The molecule has 6 nitrogen and oxygen atoms in total. The number of nitrogens with zero attached hydrogens (tertiary/aromatic N) is 6. The Morgan fingerprint density at radius 1 is 1.17 bits per heavy atom. The Balaban J connectivity index is 2.50. The standard InChI is InChI=1S/C6H2N6/c1-3-5(11-7-1)10-6-4(9-3)2-8-12-6/h1-2H. The molecule has 0 aliphatic carbocycles. The van der Waals surface area contributed by atoms with Gasteiger partial charge in [-0.2, -0.15) is 10.2 Å². The molecule has 3 heterocycles. The second kappa shape index (κ2) is 1.79. The molecule has 0 N–H and O–H groups in total. The highest BCUT2D eigenvalue weighted by molar-refractivity contribution is 5.77. The SMILES string of the molecule is C1=NN=c2nc3c(nc21)=CN=N3. The van der Waals surface area contributed by atoms with E-state index in [-0.39, 0.29) is 0 Å². The zero-order chi connectivity index (χ0) is 7.97. The van der Waals surface area contributed by atoms with Gasteiger partial charge in [-0.25, -0.2) is 9.97 Å². The molecule has 1 aromatic rings. The van der Waals surface area contributed by atoms with Crippen molar-refractivity contribution in [3.05, 3.63) is 16.5 Å². The lowest BCUT2D eigenvalue weighted by Crippen LogP contribution is -2.21. The Hall–Kier alpha value is -1.98. The van der Waals surface area contributed by atoms with E-state index < -0.39 is 0 Å². The van der Waals surface area contributed by atoms with Gasteiger partial charge in [0, 0.05) is 0 Å². The molecule has 0 unspecified atom stereocenters. The van der Waals surface area contributed by atoms with Crippen LogP contribution >= 0.6 is 0 Å². The summed E-state index contributed by atoms with van der Waals surface area (Å²) < 4.78 is 0. The van der Waals surface area contributed by atoms with Crippen LogP contribution in [0.3, 0.4) is 0 Å². The summed E-state index contributed by atoms with van der Waals surface area (Å²) in [5.74, 6) is 0.517. The largest absolute Gasteiger partial charge is 0.238 e. The van der Waals surface area contributed by atoms with Crippen molar-refractivity contribution in [3.63, 3.8) is 0 Å². The van der Waals surface area contributed by atoms with E-state index in [1.54, 1.807) is 12.4 Å². The van der Waals surface area contributed by atoms with Crippen molar-refractivity contribution in [1.82, 2.24) is 9.97 Å². The zero-order valence-electron chi connectivity index (χ0n) is 5.84. The maximum absolute atomic E-state index is 4.19. The molecule has 0 amide bonds. The van der Waals surface area contributed by atoms with E-state index >= 15 is 0 Å². The van der Waals surface area contributed by atoms with E-state index in [1.807, 2.05) is 0 Å². The molecule has 0 fully saturated rings. The number of fused-ring (bicyclic) bond motifs is 2. The average Bonchev–Trinajstić information content (AvgIpc) is 2.64. The Morgan fingerprint density at radius 2 is 2.17 bits per heavy atom. The van der Waals surface area contributed by atoms with E-state index in [0.29, 0.717) is 22.3 Å². The van der Waals surface area contributed by atoms with Crippen molar-refractivity contribution in [2.24, 2.45) is 20.4 Å². The highest BCUT2D eigenvalue weighted by Crippen LogP contribution is 2.03. The van der Waals surface area contributed by atoms with Crippen LogP contribution in [0.5, 0.6) is 0 Å². The molecule has 2 aliphatic rings. The van der Waals surface area contributed by atoms with Gasteiger partial charge in [0.2, 0.25) is 11.3 Å². The third kappa shape index (κ3) is 0.584. The number of aromatic nitrogens is 2. The minimum Gasteiger partial charge on any atom is -0.238 e. The minimum atomic E-state index is 0.517. The van der Waals surface area contributed by atoms with E-state index in [9.17, 15) is 0 Å². The first-order valence-corrected chi connectivity index (χ1v) is 3.34. The lowest BCUT2D eigenvalue weighted by molar-refractivity contribution is 1.02. The van der Waals surface area contributed by atoms with Gasteiger partial charge >= 0.3 is 0 Å². The third-order valence-corrected chi connectivity index (χ3v) is 1.58. The maximum Gasteiger partial charge on any atom is 0.204 e. The summed E-state index contributed by atoms with van der Waals surface area (Å²) in [6.45, 7) is 0. The third-order valence-electron chi connectivity index (χ3n) is 1.58. The Labute approximate surface area is 66.1 Å². The van der Waals surface area contributed by atoms with Crippen molar-refractivity contribution < 1.29 is 0 Å². The van der Waals surface area contributed by atoms with Gasteiger partial charge in [0.15, 0.2) is 0 Å². The molecule has 0 saturated heterocycles. The predicted octanol–water partition coefficient (Wildman–Crippen LogP) is -0.721. The zero-order valence-corrected chi connectivity index (χ0v) is 5.84. The minimum absolute atomic E-state index is 0.517. The fourth-order valence-corrected chi connectivity index (χ4v) is 1.04. The number of hydrogen-bond donors (Lipinski definition) is 0. The van der Waals surface area contributed by atoms with Crippen molar-refractivity contribution in [2.45, 2.75) is 0 Å². The van der Waals surface area contributed by atoms with Crippen LogP contribution in [0.4, 0.5) is 5.82 Å². The maximum atomic E-state index is 4.19. The summed E-state index contributed by atoms with van der Waals surface area (Å²) in [5, 5.41) is 15.6. The van der Waals surface area contributed by atoms with E-state index in [1.165, 1.54) is 0 Å². The summed E-state index contributed by atoms with van der Waals surface area (Å²) in [6.07, 6.45) is 3.13. The van der Waals surface area contributed by atoms with Crippen LogP contribution in [0, 0.1) is 0 Å². The van der Waals surface area contributed by atoms with Gasteiger partial charge in [0.05, 0.1) is 12.4 Å². The average molecular weight is 158 g/mol. The topological polar surface area (TPSA) is 75.2 Å². The highest BCUT2D eigenvalue weighted by atomic mass is 15.3. The molecule has 0 saturated carbocycles. The molecule has 0 aromatic carbocycles. The van der Waals surface area contributed by atoms with Crippen LogP contribution in [0.1, 0.15) is 5.69 Å². The number of azo groups is 1. The fraction of sp³-hybridized carbons (Fsp3) is 0. The molecular weight excluding hydrogens is 156 g/mol. The van der Waals surface area contributed by atoms with Gasteiger partial charge in [-0.3, -0.25) is 0 Å². The summed E-state index contributed by atoms with van der Waals surface area (Å²) in [7, 11) is 0. The van der Waals surface area contributed by atoms with Crippen LogP contribution in [0.15, 0.2) is 20.4 Å². The summed E-state index contributed by atoms with van der Waals surface area (Å²) in [6, 6.07) is 0. The van der Waals surface area contributed by atoms with Gasteiger partial charge in [-0.05, 0) is 0 Å². The summed E-state index contributed by atoms with van der Waals surface area (Å²) in [4.78, 5) is 8.27. The Bertz CT molecular complexity index is 476. The summed E-state index contributed by atoms with van der Waals surface area (Å²) >= 11 is 0. The first kappa shape index (κ1) is 5.64. The molecule has 0 atom stereocenters. The second-order valence-corrected chi connectivity index (χ2v) is 2.33. The molecule has 0 radical (unpaired) electrons. The molecule has 56 valence electrons. The van der Waals surface area contributed by atoms with Crippen LogP contribution in [-0.2, 0) is 0 Å². The molecule has 0 spiro atoms. The van der Waals surface area contributed by atoms with Crippen molar-refractivity contribution in [1.29, 1.82) is 0 Å². The van der Waals surface area contributed by atoms with E-state index in [0.717, 1.165) is 0 Å². The van der Waals surface area contributed by atoms with Gasteiger partial charge in [0.1, 0.15) is 11.0 Å². The number of hydrogen-bond acceptors (Lipinski definition) is 6. The first-order chi connectivity index (χ1) is 5.93. The van der Waals surface area contributed by atoms with Crippen LogP contribution in [-0.4, -0.2) is 16.2 Å². The molecule has 6 heteroatoms. The normalized spacial score (nSPS) is 15.3. The lowest BCUT2D eigenvalue weighted by atomic mass is 10.4. The van der Waals surface area contributed by atoms with Gasteiger partial charge in [0.25, 0.3) is 0 Å². The van der Waals surface area contributed by atoms with Crippen LogP contribution in [0.2, 0.25) is 0 Å². The van der Waals surface area contributed by atoms with Crippen molar-refractivity contribution in [3.8, 4) is 0 Å². The number of rotatable bonds is 0. The van der Waals surface area contributed by atoms with Gasteiger partial charge in [-0.15, -0.1) is 10.2 Å². The Morgan fingerprint density at radius 3 is 3.17 bits per heavy atom. The molecule has 1 aromatic heterocycles. The quantitative estimate of drug-likeness (QED) is 0.499. The second-order valence-electron chi connectivity index (χ2n) is 2.33. The van der Waals surface area contributed by atoms with E-state index in [4.69, 9.17) is 0 Å². The fourth-order valence-electron chi connectivity index (χ4n) is 1.04. The van der Waals surface area contributed by atoms with Crippen molar-refractivity contribution >= 4 is 18.2 Å². The predicted molar refractivity (Wildman–Crippen MR) is 39.4 cm³/mol. The summed E-state index contributed by atoms with van der Waals surface area (Å²) in [5.41, 5.74) is 1.19. The molecular formula is C6H2N6. The lowest BCUT2D eigenvalue weighted by Gasteiger charge is -1.87. The Kier molecular flexibility index (Phi) is 0.840. The van der Waals surface area contributed by atoms with Crippen LogP contribution in [0.25, 0.3) is 6.20 Å². The molecule has 12 heavy (non-hydrogen) atoms. The monoisotopic (exact) mass is 158 g/mol. The van der Waals surface area contributed by atoms with E-state index in [2.05, 4.69) is 30.4 Å². The first-order valence-electron chi connectivity index (χ1n) is 3.34.